The Morgan fingerprint density at radius 1 is 1.33 bits per heavy atom. The number of sulfonamides is 1. The minimum Gasteiger partial charge on any atom is -0.343 e. The largest absolute Gasteiger partial charge is 0.343 e. The molecule has 2 rings (SSSR count). The van der Waals surface area contributed by atoms with Crippen LogP contribution in [0.25, 0.3) is 0 Å². The van der Waals surface area contributed by atoms with E-state index in [0.717, 1.165) is 12.0 Å². The summed E-state index contributed by atoms with van der Waals surface area (Å²) in [5, 5.41) is 2.76. The van der Waals surface area contributed by atoms with Crippen molar-refractivity contribution in [2.75, 3.05) is 5.32 Å². The molecule has 0 fully saturated rings. The zero-order valence-electron chi connectivity index (χ0n) is 8.43. The van der Waals surface area contributed by atoms with E-state index in [0.29, 0.717) is 5.69 Å². The molecule has 0 unspecified atom stereocenters. The molecule has 0 amide bonds. The minimum absolute atomic E-state index is 0.0104. The van der Waals surface area contributed by atoms with E-state index in [4.69, 9.17) is 0 Å². The summed E-state index contributed by atoms with van der Waals surface area (Å²) in [7, 11) is -3.60. The van der Waals surface area contributed by atoms with Crippen LogP contribution in [0.1, 0.15) is 25.5 Å². The highest BCUT2D eigenvalue weighted by Gasteiger charge is 2.23. The van der Waals surface area contributed by atoms with Crippen LogP contribution in [0.3, 0.4) is 0 Å². The smallest absolute Gasteiger partial charge is 0.303 e. The number of aromatic nitrogens is 1. The molecular formula is C9H11N3O2S. The van der Waals surface area contributed by atoms with Crippen LogP contribution in [0, 0.1) is 0 Å². The summed E-state index contributed by atoms with van der Waals surface area (Å²) in [5.74, 6) is 0.191. The second-order valence-electron chi connectivity index (χ2n) is 3.60. The fourth-order valence-electron chi connectivity index (χ4n) is 1.30. The molecule has 0 atom stereocenters. The van der Waals surface area contributed by atoms with Crippen LogP contribution in [0.4, 0.5) is 5.69 Å². The van der Waals surface area contributed by atoms with E-state index < -0.39 is 10.0 Å². The van der Waals surface area contributed by atoms with Crippen LogP contribution in [-0.2, 0) is 10.0 Å². The Bertz CT molecular complexity index is 520. The Morgan fingerprint density at radius 3 is 2.73 bits per heavy atom. The highest BCUT2D eigenvalue weighted by Crippen LogP contribution is 2.25. The van der Waals surface area contributed by atoms with Crippen LogP contribution < -0.4 is 5.32 Å². The lowest BCUT2D eigenvalue weighted by Gasteiger charge is -2.13. The van der Waals surface area contributed by atoms with Gasteiger partial charge in [0.25, 0.3) is 0 Å². The third-order valence-electron chi connectivity index (χ3n) is 2.13. The van der Waals surface area contributed by atoms with E-state index in [1.54, 1.807) is 6.07 Å². The van der Waals surface area contributed by atoms with Gasteiger partial charge in [0.2, 0.25) is 5.03 Å². The summed E-state index contributed by atoms with van der Waals surface area (Å²) >= 11 is 0. The van der Waals surface area contributed by atoms with E-state index in [1.807, 2.05) is 19.9 Å². The van der Waals surface area contributed by atoms with Gasteiger partial charge < -0.3 is 5.32 Å². The molecule has 1 aromatic heterocycles. The maximum atomic E-state index is 11.5. The Balaban J connectivity index is 2.63. The van der Waals surface area contributed by atoms with Crippen LogP contribution in [-0.4, -0.2) is 19.7 Å². The third kappa shape index (κ3) is 1.72. The first kappa shape index (κ1) is 10.1. The van der Waals surface area contributed by atoms with Crippen molar-refractivity contribution in [3.8, 4) is 0 Å². The van der Waals surface area contributed by atoms with Gasteiger partial charge >= 0.3 is 10.0 Å². The van der Waals surface area contributed by atoms with Crippen molar-refractivity contribution in [3.05, 3.63) is 17.8 Å². The first-order valence-corrected chi connectivity index (χ1v) is 6.01. The molecule has 0 bridgehead atoms. The zero-order valence-corrected chi connectivity index (χ0v) is 9.25. The molecule has 1 N–H and O–H groups in total. The van der Waals surface area contributed by atoms with Crippen molar-refractivity contribution in [3.63, 3.8) is 0 Å². The predicted octanol–water partition coefficient (Wildman–Crippen LogP) is 1.35. The molecule has 0 saturated heterocycles. The molecule has 1 aliphatic heterocycles. The van der Waals surface area contributed by atoms with E-state index >= 15 is 0 Å². The molecule has 6 heteroatoms. The van der Waals surface area contributed by atoms with Gasteiger partial charge in [-0.1, -0.05) is 13.8 Å². The fourth-order valence-corrected chi connectivity index (χ4v) is 2.21. The van der Waals surface area contributed by atoms with E-state index in [-0.39, 0.29) is 10.9 Å². The monoisotopic (exact) mass is 225 g/mol. The van der Waals surface area contributed by atoms with Gasteiger partial charge in [0, 0.05) is 5.69 Å². The Morgan fingerprint density at radius 2 is 2.07 bits per heavy atom. The SMILES string of the molecule is CC(C)c1ccc2c(n1)S(=O)(=O)N=CN2. The van der Waals surface area contributed by atoms with E-state index in [9.17, 15) is 8.42 Å². The third-order valence-corrected chi connectivity index (χ3v) is 3.31. The highest BCUT2D eigenvalue weighted by molar-refractivity contribution is 7.90. The van der Waals surface area contributed by atoms with Gasteiger partial charge in [-0.05, 0) is 18.1 Å². The van der Waals surface area contributed by atoms with Crippen LogP contribution in [0.5, 0.6) is 0 Å². The number of hydrogen-bond acceptors (Lipinski definition) is 4. The lowest BCUT2D eigenvalue weighted by Crippen LogP contribution is -2.14. The van der Waals surface area contributed by atoms with Gasteiger partial charge in [-0.3, -0.25) is 0 Å². The molecule has 0 spiro atoms. The van der Waals surface area contributed by atoms with Gasteiger partial charge in [-0.2, -0.15) is 8.42 Å². The average Bonchev–Trinajstić information content (AvgIpc) is 2.17. The van der Waals surface area contributed by atoms with Crippen LogP contribution >= 0.6 is 0 Å². The van der Waals surface area contributed by atoms with Crippen LogP contribution in [0.2, 0.25) is 0 Å². The summed E-state index contributed by atoms with van der Waals surface area (Å²) in [6.45, 7) is 3.92. The maximum absolute atomic E-state index is 11.5. The number of pyridine rings is 1. The zero-order chi connectivity index (χ0) is 11.1. The number of rotatable bonds is 1. The van der Waals surface area contributed by atoms with Crippen molar-refractivity contribution >= 4 is 22.0 Å². The molecule has 0 aliphatic carbocycles. The van der Waals surface area contributed by atoms with E-state index in [1.165, 1.54) is 0 Å². The Kier molecular flexibility index (Phi) is 2.22. The molecule has 80 valence electrons. The van der Waals surface area contributed by atoms with Crippen molar-refractivity contribution in [2.24, 2.45) is 4.40 Å². The Labute approximate surface area is 88.3 Å². The van der Waals surface area contributed by atoms with Gasteiger partial charge in [0.15, 0.2) is 0 Å². The van der Waals surface area contributed by atoms with Gasteiger partial charge in [0.1, 0.15) is 6.34 Å². The van der Waals surface area contributed by atoms with Crippen molar-refractivity contribution in [1.29, 1.82) is 0 Å². The van der Waals surface area contributed by atoms with Crippen molar-refractivity contribution < 1.29 is 8.42 Å². The maximum Gasteiger partial charge on any atom is 0.303 e. The molecular weight excluding hydrogens is 214 g/mol. The number of anilines is 1. The first-order chi connectivity index (χ1) is 7.00. The predicted molar refractivity (Wildman–Crippen MR) is 57.6 cm³/mol. The van der Waals surface area contributed by atoms with Gasteiger partial charge in [-0.25, -0.2) is 4.98 Å². The second kappa shape index (κ2) is 3.30. The summed E-state index contributed by atoms with van der Waals surface area (Å²) < 4.78 is 26.5. The number of hydrogen-bond donors (Lipinski definition) is 1. The number of nitrogens with zero attached hydrogens (tertiary/aromatic N) is 2. The normalized spacial score (nSPS) is 17.3. The number of nitrogens with one attached hydrogen (secondary N) is 1. The standard InChI is InChI=1S/C9H11N3O2S/c1-6(2)7-3-4-8-9(12-7)15(13,14)11-5-10-8/h3-6H,1-2H3,(H,10,11). The topological polar surface area (TPSA) is 71.4 Å². The molecule has 1 aliphatic rings. The van der Waals surface area contributed by atoms with Crippen LogP contribution in [0.15, 0.2) is 21.6 Å². The molecule has 0 radical (unpaired) electrons. The summed E-state index contributed by atoms with van der Waals surface area (Å²) in [4.78, 5) is 4.10. The summed E-state index contributed by atoms with van der Waals surface area (Å²) in [6, 6.07) is 3.52. The molecule has 0 saturated carbocycles. The summed E-state index contributed by atoms with van der Waals surface area (Å²) in [6.07, 6.45) is 1.16. The van der Waals surface area contributed by atoms with Crippen molar-refractivity contribution in [2.45, 2.75) is 24.8 Å². The minimum atomic E-state index is -3.60. The second-order valence-corrected chi connectivity index (χ2v) is 5.15. The highest BCUT2D eigenvalue weighted by atomic mass is 32.2. The van der Waals surface area contributed by atoms with Gasteiger partial charge in [-0.15, -0.1) is 4.40 Å². The lowest BCUT2D eigenvalue weighted by atomic mass is 10.1. The molecule has 1 aromatic rings. The fraction of sp³-hybridized carbons (Fsp3) is 0.333. The quantitative estimate of drug-likeness (QED) is 0.783. The van der Waals surface area contributed by atoms with E-state index in [2.05, 4.69) is 14.7 Å². The average molecular weight is 225 g/mol. The molecule has 2 heterocycles. The number of fused-ring (bicyclic) bond motifs is 1. The molecule has 5 nitrogen and oxygen atoms in total. The lowest BCUT2D eigenvalue weighted by molar-refractivity contribution is 0.593. The molecule has 15 heavy (non-hydrogen) atoms. The molecule has 0 aromatic carbocycles. The Hall–Kier alpha value is -1.43. The van der Waals surface area contributed by atoms with Gasteiger partial charge in [0.05, 0.1) is 5.69 Å². The van der Waals surface area contributed by atoms with Crippen molar-refractivity contribution in [1.82, 2.24) is 4.98 Å². The first-order valence-electron chi connectivity index (χ1n) is 4.57. The summed E-state index contributed by atoms with van der Waals surface area (Å²) in [5.41, 5.74) is 1.23.